The van der Waals surface area contributed by atoms with E-state index in [0.717, 1.165) is 33.6 Å². The van der Waals surface area contributed by atoms with Gasteiger partial charge in [0.2, 0.25) is 5.91 Å². The lowest BCUT2D eigenvalue weighted by molar-refractivity contribution is -0.119. The lowest BCUT2D eigenvalue weighted by Crippen LogP contribution is -2.43. The average Bonchev–Trinajstić information content (AvgIpc) is 3.26. The number of halogens is 2. The first-order chi connectivity index (χ1) is 15.3. The summed E-state index contributed by atoms with van der Waals surface area (Å²) in [6.07, 6.45) is 0.719. The normalized spacial score (nSPS) is 12.9. The smallest absolute Gasteiger partial charge is 0.262 e. The minimum absolute atomic E-state index is 0. The lowest BCUT2D eigenvalue weighted by Gasteiger charge is -2.23. The summed E-state index contributed by atoms with van der Waals surface area (Å²) in [7, 11) is 3.93. The number of aryl methyl sites for hydroxylation is 1. The van der Waals surface area contributed by atoms with Crippen molar-refractivity contribution in [3.05, 3.63) is 58.1 Å². The molecule has 3 aromatic rings. The molecule has 0 saturated heterocycles. The highest BCUT2D eigenvalue weighted by atomic mass is 35.5. The Kier molecular flexibility index (Phi) is 7.74. The van der Waals surface area contributed by atoms with Crippen LogP contribution in [0.4, 0.5) is 5.13 Å². The number of fused-ring (bicyclic) bond motifs is 2. The molecule has 0 radical (unpaired) electrons. The minimum Gasteiger partial charge on any atom is -0.309 e. The van der Waals surface area contributed by atoms with Gasteiger partial charge in [-0.15, -0.1) is 12.4 Å². The molecule has 0 atom stereocenters. The van der Waals surface area contributed by atoms with Gasteiger partial charge in [-0.25, -0.2) is 4.98 Å². The molecule has 0 fully saturated rings. The van der Waals surface area contributed by atoms with Gasteiger partial charge in [-0.3, -0.25) is 24.2 Å². The molecule has 1 aliphatic heterocycles. The third-order valence-electron chi connectivity index (χ3n) is 5.33. The molecular formula is C23H24Cl2N4O3S. The van der Waals surface area contributed by atoms with Crippen LogP contribution >= 0.6 is 35.3 Å². The number of imide groups is 1. The maximum atomic E-state index is 13.4. The molecule has 1 aliphatic rings. The Hall–Kier alpha value is -2.52. The van der Waals surface area contributed by atoms with Crippen molar-refractivity contribution in [3.8, 4) is 0 Å². The first-order valence-electron chi connectivity index (χ1n) is 10.2. The summed E-state index contributed by atoms with van der Waals surface area (Å²) < 4.78 is 0.885. The monoisotopic (exact) mass is 506 g/mol. The molecule has 0 spiro atoms. The van der Waals surface area contributed by atoms with Crippen molar-refractivity contribution in [2.75, 3.05) is 38.6 Å². The van der Waals surface area contributed by atoms with Gasteiger partial charge in [0.05, 0.1) is 21.3 Å². The van der Waals surface area contributed by atoms with Crippen molar-refractivity contribution in [2.24, 2.45) is 0 Å². The molecule has 4 rings (SSSR count). The average molecular weight is 507 g/mol. The van der Waals surface area contributed by atoms with E-state index in [1.807, 2.05) is 38.1 Å². The standard InChI is InChI=1S/C23H23ClN4O3S.ClH/c1-14-11-15(24)12-18-20(14)25-23(32-18)27(10-6-9-26(2)3)19(29)13-28-21(30)16-7-4-5-8-17(16)22(28)31;/h4-5,7-8,11-12H,6,9-10,13H2,1-3H3;1H. The molecule has 0 N–H and O–H groups in total. The van der Waals surface area contributed by atoms with E-state index in [9.17, 15) is 14.4 Å². The molecule has 33 heavy (non-hydrogen) atoms. The van der Waals surface area contributed by atoms with E-state index in [1.54, 1.807) is 29.2 Å². The second kappa shape index (κ2) is 10.2. The van der Waals surface area contributed by atoms with Crippen molar-refractivity contribution >= 4 is 68.4 Å². The zero-order valence-corrected chi connectivity index (χ0v) is 20.9. The van der Waals surface area contributed by atoms with E-state index in [0.29, 0.717) is 27.8 Å². The summed E-state index contributed by atoms with van der Waals surface area (Å²) in [5, 5.41) is 1.15. The fourth-order valence-corrected chi connectivity index (χ4v) is 5.20. The molecule has 10 heteroatoms. The molecule has 2 heterocycles. The number of thiazole rings is 1. The first-order valence-corrected chi connectivity index (χ1v) is 11.4. The van der Waals surface area contributed by atoms with Gasteiger partial charge in [0.15, 0.2) is 5.13 Å². The fraction of sp³-hybridized carbons (Fsp3) is 0.304. The molecule has 1 aromatic heterocycles. The summed E-state index contributed by atoms with van der Waals surface area (Å²) in [4.78, 5) is 48.1. The minimum atomic E-state index is -0.445. The van der Waals surface area contributed by atoms with Crippen LogP contribution in [0.5, 0.6) is 0 Å². The number of carbonyl (C=O) groups excluding carboxylic acids is 3. The third-order valence-corrected chi connectivity index (χ3v) is 6.57. The van der Waals surface area contributed by atoms with Gasteiger partial charge < -0.3 is 4.90 Å². The molecule has 0 saturated carbocycles. The Morgan fingerprint density at radius 3 is 2.33 bits per heavy atom. The number of anilines is 1. The van der Waals surface area contributed by atoms with Crippen LogP contribution < -0.4 is 4.90 Å². The van der Waals surface area contributed by atoms with E-state index < -0.39 is 11.8 Å². The van der Waals surface area contributed by atoms with Crippen LogP contribution in [0, 0.1) is 6.92 Å². The van der Waals surface area contributed by atoms with Crippen LogP contribution in [-0.2, 0) is 4.79 Å². The van der Waals surface area contributed by atoms with E-state index in [-0.39, 0.29) is 24.9 Å². The second-order valence-corrected chi connectivity index (χ2v) is 9.46. The fourth-order valence-electron chi connectivity index (χ4n) is 3.73. The van der Waals surface area contributed by atoms with Gasteiger partial charge >= 0.3 is 0 Å². The molecule has 0 unspecified atom stereocenters. The molecule has 174 valence electrons. The van der Waals surface area contributed by atoms with Crippen LogP contribution in [0.1, 0.15) is 32.7 Å². The van der Waals surface area contributed by atoms with Crippen molar-refractivity contribution in [3.63, 3.8) is 0 Å². The van der Waals surface area contributed by atoms with E-state index in [4.69, 9.17) is 11.6 Å². The number of hydrogen-bond donors (Lipinski definition) is 0. The molecule has 0 aliphatic carbocycles. The number of aromatic nitrogens is 1. The first kappa shape index (κ1) is 25.1. The van der Waals surface area contributed by atoms with Gasteiger partial charge in [-0.2, -0.15) is 0 Å². The van der Waals surface area contributed by atoms with Crippen molar-refractivity contribution in [1.29, 1.82) is 0 Å². The summed E-state index contributed by atoms with van der Waals surface area (Å²) in [6, 6.07) is 10.3. The summed E-state index contributed by atoms with van der Waals surface area (Å²) in [5.41, 5.74) is 2.38. The zero-order chi connectivity index (χ0) is 23.0. The maximum absolute atomic E-state index is 13.4. The Morgan fingerprint density at radius 2 is 1.73 bits per heavy atom. The highest BCUT2D eigenvalue weighted by Gasteiger charge is 2.37. The van der Waals surface area contributed by atoms with Crippen molar-refractivity contribution in [2.45, 2.75) is 13.3 Å². The summed E-state index contributed by atoms with van der Waals surface area (Å²) in [5.74, 6) is -1.24. The number of carbonyl (C=O) groups is 3. The Morgan fingerprint density at radius 1 is 1.09 bits per heavy atom. The Bertz CT molecular complexity index is 1190. The number of nitrogens with zero attached hydrogens (tertiary/aromatic N) is 4. The summed E-state index contributed by atoms with van der Waals surface area (Å²) in [6.45, 7) is 2.80. The van der Waals surface area contributed by atoms with E-state index >= 15 is 0 Å². The Balaban J connectivity index is 0.00000306. The lowest BCUT2D eigenvalue weighted by atomic mass is 10.1. The number of amides is 3. The second-order valence-electron chi connectivity index (χ2n) is 8.01. The Labute approximate surface area is 207 Å². The SMILES string of the molecule is Cc1cc(Cl)cc2sc(N(CCCN(C)C)C(=O)CN3C(=O)c4ccccc4C3=O)nc12.Cl. The highest BCUT2D eigenvalue weighted by molar-refractivity contribution is 7.22. The van der Waals surface area contributed by atoms with Gasteiger partial charge in [0, 0.05) is 11.6 Å². The predicted molar refractivity (Wildman–Crippen MR) is 134 cm³/mol. The topological polar surface area (TPSA) is 73.8 Å². The highest BCUT2D eigenvalue weighted by Crippen LogP contribution is 2.33. The van der Waals surface area contributed by atoms with E-state index in [1.165, 1.54) is 11.3 Å². The summed E-state index contributed by atoms with van der Waals surface area (Å²) >= 11 is 7.57. The molecule has 7 nitrogen and oxygen atoms in total. The number of hydrogen-bond acceptors (Lipinski definition) is 6. The van der Waals surface area contributed by atoms with Gasteiger partial charge in [-0.1, -0.05) is 35.1 Å². The van der Waals surface area contributed by atoms with Crippen LogP contribution in [-0.4, -0.2) is 66.2 Å². The third kappa shape index (κ3) is 5.04. The number of rotatable bonds is 7. The largest absolute Gasteiger partial charge is 0.309 e. The predicted octanol–water partition coefficient (Wildman–Crippen LogP) is 4.26. The van der Waals surface area contributed by atoms with Gasteiger partial charge in [0.25, 0.3) is 11.8 Å². The van der Waals surface area contributed by atoms with Crippen LogP contribution in [0.25, 0.3) is 10.2 Å². The van der Waals surface area contributed by atoms with Gasteiger partial charge in [0.1, 0.15) is 6.54 Å². The van der Waals surface area contributed by atoms with Crippen molar-refractivity contribution in [1.82, 2.24) is 14.8 Å². The molecule has 0 bridgehead atoms. The molecular weight excluding hydrogens is 483 g/mol. The van der Waals surface area contributed by atoms with E-state index in [2.05, 4.69) is 4.98 Å². The van der Waals surface area contributed by atoms with Gasteiger partial charge in [-0.05, 0) is 63.8 Å². The van der Waals surface area contributed by atoms with Crippen LogP contribution in [0.2, 0.25) is 5.02 Å². The molecule has 3 amide bonds. The van der Waals surface area contributed by atoms with Crippen LogP contribution in [0.3, 0.4) is 0 Å². The maximum Gasteiger partial charge on any atom is 0.262 e. The quantitative estimate of drug-likeness (QED) is 0.447. The zero-order valence-electron chi connectivity index (χ0n) is 18.5. The van der Waals surface area contributed by atoms with Crippen LogP contribution in [0.15, 0.2) is 36.4 Å². The molecule has 2 aromatic carbocycles. The number of benzene rings is 2. The van der Waals surface area contributed by atoms with Crippen molar-refractivity contribution < 1.29 is 14.4 Å².